The molecule has 0 bridgehead atoms. The summed E-state index contributed by atoms with van der Waals surface area (Å²) in [4.78, 5) is 26.0. The van der Waals surface area contributed by atoms with Crippen molar-refractivity contribution in [1.82, 2.24) is 24.9 Å². The number of nitrogens with zero attached hydrogens (tertiary/aromatic N) is 5. The van der Waals surface area contributed by atoms with E-state index in [4.69, 9.17) is 29.3 Å². The molecule has 11 aromatic rings. The highest BCUT2D eigenvalue weighted by Gasteiger charge is 2.19. The molecule has 0 aliphatic rings. The molecule has 0 unspecified atom stereocenters. The smallest absolute Gasteiger partial charge is 0.179 e. The van der Waals surface area contributed by atoms with Crippen LogP contribution in [0, 0.1) is 0 Å². The lowest BCUT2D eigenvalue weighted by atomic mass is 10.00. The summed E-state index contributed by atoms with van der Waals surface area (Å²) in [7, 11) is 0. The first kappa shape index (κ1) is 35.8. The second-order valence-electron chi connectivity index (χ2n) is 14.9. The van der Waals surface area contributed by atoms with Crippen molar-refractivity contribution in [3.05, 3.63) is 212 Å². The minimum Gasteiger partial charge on any atom is -0.456 e. The van der Waals surface area contributed by atoms with E-state index in [0.717, 1.165) is 89.2 Å². The summed E-state index contributed by atoms with van der Waals surface area (Å²) < 4.78 is 6.53. The van der Waals surface area contributed by atoms with Gasteiger partial charge in [-0.2, -0.15) is 0 Å². The molecule has 6 nitrogen and oxygen atoms in total. The summed E-state index contributed by atoms with van der Waals surface area (Å²) in [5.41, 5.74) is 14.1. The van der Waals surface area contributed by atoms with Crippen molar-refractivity contribution in [3.8, 4) is 90.3 Å². The summed E-state index contributed by atoms with van der Waals surface area (Å²) in [6.07, 6.45) is 0. The standard InChI is InChI=1S/C55H35N5O/c1-6-16-36(17-7-1)41-27-29-52-45(30-41)44-28-26-42(33-53(44)61-52)43-31-50(54-57-46(37-18-8-2-9-19-37)34-47(58-54)38-20-10-3-11-21-38)56-51(32-43)55-59-48(39-22-12-4-13-23-39)35-49(60-55)40-24-14-5-15-25-40/h1-35H. The highest BCUT2D eigenvalue weighted by atomic mass is 16.3. The van der Waals surface area contributed by atoms with Gasteiger partial charge in [-0.15, -0.1) is 0 Å². The number of hydrogen-bond acceptors (Lipinski definition) is 6. The van der Waals surface area contributed by atoms with Gasteiger partial charge >= 0.3 is 0 Å². The van der Waals surface area contributed by atoms with Gasteiger partial charge in [0.2, 0.25) is 0 Å². The molecule has 0 saturated carbocycles. The number of aromatic nitrogens is 5. The Bertz CT molecular complexity index is 3080. The number of furan rings is 1. The summed E-state index contributed by atoms with van der Waals surface area (Å²) in [5.74, 6) is 0.980. The quantitative estimate of drug-likeness (QED) is 0.153. The molecule has 4 heterocycles. The van der Waals surface area contributed by atoms with Crippen LogP contribution in [0.4, 0.5) is 0 Å². The number of benzene rings is 7. The molecule has 0 spiro atoms. The first-order valence-electron chi connectivity index (χ1n) is 20.2. The Labute approximate surface area is 352 Å². The van der Waals surface area contributed by atoms with E-state index in [1.807, 2.05) is 91.0 Å². The Morgan fingerprint density at radius 1 is 0.230 bits per heavy atom. The van der Waals surface area contributed by atoms with Crippen molar-refractivity contribution in [2.45, 2.75) is 0 Å². The second kappa shape index (κ2) is 15.4. The van der Waals surface area contributed by atoms with E-state index in [0.29, 0.717) is 23.0 Å². The summed E-state index contributed by atoms with van der Waals surface area (Å²) in [6, 6.07) is 72.1. The average molecular weight is 782 g/mol. The Kier molecular flexibility index (Phi) is 9.06. The molecule has 0 aliphatic heterocycles. The van der Waals surface area contributed by atoms with E-state index in [-0.39, 0.29) is 0 Å². The van der Waals surface area contributed by atoms with E-state index >= 15 is 0 Å². The minimum atomic E-state index is 0.490. The van der Waals surface area contributed by atoms with Crippen molar-refractivity contribution < 1.29 is 4.42 Å². The average Bonchev–Trinajstić information content (AvgIpc) is 3.72. The number of hydrogen-bond donors (Lipinski definition) is 0. The predicted molar refractivity (Wildman–Crippen MR) is 246 cm³/mol. The molecule has 0 atom stereocenters. The molecule has 11 rings (SSSR count). The highest BCUT2D eigenvalue weighted by Crippen LogP contribution is 2.37. The molecule has 0 radical (unpaired) electrons. The van der Waals surface area contributed by atoms with Crippen molar-refractivity contribution in [2.24, 2.45) is 0 Å². The largest absolute Gasteiger partial charge is 0.456 e. The lowest BCUT2D eigenvalue weighted by Gasteiger charge is -2.13. The van der Waals surface area contributed by atoms with Crippen LogP contribution in [0.15, 0.2) is 217 Å². The molecular weight excluding hydrogens is 747 g/mol. The van der Waals surface area contributed by atoms with E-state index in [9.17, 15) is 0 Å². The van der Waals surface area contributed by atoms with Crippen LogP contribution < -0.4 is 0 Å². The SMILES string of the molecule is c1ccc(-c2ccc3oc4cc(-c5cc(-c6nc(-c7ccccc7)cc(-c7ccccc7)n6)nc(-c6nc(-c7ccccc7)cc(-c7ccccc7)n6)c5)ccc4c3c2)cc1. The van der Waals surface area contributed by atoms with Crippen LogP contribution in [-0.2, 0) is 0 Å². The van der Waals surface area contributed by atoms with Gasteiger partial charge in [0.15, 0.2) is 11.6 Å². The van der Waals surface area contributed by atoms with Crippen LogP contribution in [0.25, 0.3) is 112 Å². The van der Waals surface area contributed by atoms with E-state index in [1.54, 1.807) is 0 Å². The van der Waals surface area contributed by atoms with Crippen LogP contribution in [0.3, 0.4) is 0 Å². The Hall–Kier alpha value is -8.35. The molecule has 7 aromatic carbocycles. The molecule has 286 valence electrons. The number of pyridine rings is 1. The van der Waals surface area contributed by atoms with Gasteiger partial charge in [-0.3, -0.25) is 0 Å². The molecular formula is C55H35N5O. The molecule has 6 heteroatoms. The van der Waals surface area contributed by atoms with E-state index < -0.39 is 0 Å². The van der Waals surface area contributed by atoms with Crippen molar-refractivity contribution in [2.75, 3.05) is 0 Å². The van der Waals surface area contributed by atoms with Crippen LogP contribution in [-0.4, -0.2) is 24.9 Å². The fraction of sp³-hybridized carbons (Fsp3) is 0. The number of rotatable bonds is 8. The molecule has 61 heavy (non-hydrogen) atoms. The Balaban J connectivity index is 1.13. The van der Waals surface area contributed by atoms with Gasteiger partial charge in [0, 0.05) is 33.0 Å². The molecule has 0 N–H and O–H groups in total. The zero-order chi connectivity index (χ0) is 40.5. The van der Waals surface area contributed by atoms with Crippen molar-refractivity contribution in [1.29, 1.82) is 0 Å². The zero-order valence-electron chi connectivity index (χ0n) is 32.9. The van der Waals surface area contributed by atoms with Crippen molar-refractivity contribution >= 4 is 21.9 Å². The monoisotopic (exact) mass is 781 g/mol. The van der Waals surface area contributed by atoms with E-state index in [2.05, 4.69) is 121 Å². The fourth-order valence-corrected chi connectivity index (χ4v) is 7.84. The first-order valence-corrected chi connectivity index (χ1v) is 20.2. The molecule has 0 fully saturated rings. The van der Waals surface area contributed by atoms with E-state index in [1.165, 1.54) is 0 Å². The summed E-state index contributed by atoms with van der Waals surface area (Å²) >= 11 is 0. The molecule has 0 amide bonds. The third-order valence-electron chi connectivity index (χ3n) is 10.9. The van der Waals surface area contributed by atoms with Crippen LogP contribution >= 0.6 is 0 Å². The molecule has 0 saturated heterocycles. The van der Waals surface area contributed by atoms with Gasteiger partial charge in [-0.1, -0.05) is 164 Å². The Morgan fingerprint density at radius 3 is 1.07 bits per heavy atom. The second-order valence-corrected chi connectivity index (χ2v) is 14.9. The van der Waals surface area contributed by atoms with Gasteiger partial charge in [0.1, 0.15) is 22.6 Å². The highest BCUT2D eigenvalue weighted by molar-refractivity contribution is 6.07. The fourth-order valence-electron chi connectivity index (χ4n) is 7.84. The predicted octanol–water partition coefficient (Wildman–Crippen LogP) is 13.9. The first-order chi connectivity index (χ1) is 30.2. The van der Waals surface area contributed by atoms with Gasteiger partial charge < -0.3 is 4.42 Å². The maximum absolute atomic E-state index is 6.53. The lowest BCUT2D eigenvalue weighted by molar-refractivity contribution is 0.669. The zero-order valence-corrected chi connectivity index (χ0v) is 32.9. The van der Waals surface area contributed by atoms with Gasteiger partial charge in [-0.25, -0.2) is 24.9 Å². The van der Waals surface area contributed by atoms with Gasteiger partial charge in [0.05, 0.1) is 22.8 Å². The third-order valence-corrected chi connectivity index (χ3v) is 10.9. The maximum Gasteiger partial charge on any atom is 0.179 e. The molecule has 0 aliphatic carbocycles. The van der Waals surface area contributed by atoms with Crippen LogP contribution in [0.5, 0.6) is 0 Å². The number of fused-ring (bicyclic) bond motifs is 3. The molecule has 4 aromatic heterocycles. The van der Waals surface area contributed by atoms with Crippen LogP contribution in [0.2, 0.25) is 0 Å². The Morgan fingerprint density at radius 2 is 0.623 bits per heavy atom. The minimum absolute atomic E-state index is 0.490. The third kappa shape index (κ3) is 7.13. The van der Waals surface area contributed by atoms with Gasteiger partial charge in [-0.05, 0) is 70.8 Å². The topological polar surface area (TPSA) is 77.6 Å². The van der Waals surface area contributed by atoms with Gasteiger partial charge in [0.25, 0.3) is 0 Å². The van der Waals surface area contributed by atoms with Crippen LogP contribution in [0.1, 0.15) is 0 Å². The summed E-state index contributed by atoms with van der Waals surface area (Å²) in [6.45, 7) is 0. The normalized spacial score (nSPS) is 11.3. The lowest BCUT2D eigenvalue weighted by Crippen LogP contribution is -2.01. The summed E-state index contributed by atoms with van der Waals surface area (Å²) in [5, 5.41) is 2.11. The maximum atomic E-state index is 6.53. The van der Waals surface area contributed by atoms with Crippen molar-refractivity contribution in [3.63, 3.8) is 0 Å².